The summed E-state index contributed by atoms with van der Waals surface area (Å²) in [5.41, 5.74) is 0.530. The highest BCUT2D eigenvalue weighted by atomic mass is 32.2. The molecule has 1 fully saturated rings. The summed E-state index contributed by atoms with van der Waals surface area (Å²) in [5.74, 6) is -0.196. The van der Waals surface area contributed by atoms with E-state index in [1.807, 2.05) is 13.0 Å². The highest BCUT2D eigenvalue weighted by Gasteiger charge is 2.32. The van der Waals surface area contributed by atoms with Crippen LogP contribution >= 0.6 is 0 Å². The summed E-state index contributed by atoms with van der Waals surface area (Å²) in [6.45, 7) is 1.85. The zero-order chi connectivity index (χ0) is 17.6. The Hall–Kier alpha value is -1.56. The molecule has 0 heterocycles. The highest BCUT2D eigenvalue weighted by molar-refractivity contribution is 7.92. The molecule has 24 heavy (non-hydrogen) atoms. The predicted octanol–water partition coefficient (Wildman–Crippen LogP) is 3.07. The first-order valence-electron chi connectivity index (χ1n) is 8.78. The molecule has 0 radical (unpaired) electrons. The Morgan fingerprint density at radius 3 is 2.25 bits per heavy atom. The van der Waals surface area contributed by atoms with Crippen molar-refractivity contribution in [2.24, 2.45) is 0 Å². The van der Waals surface area contributed by atoms with Gasteiger partial charge in [0.15, 0.2) is 0 Å². The fourth-order valence-corrected chi connectivity index (χ4v) is 4.57. The second-order valence-corrected chi connectivity index (χ2v) is 8.37. The number of amides is 1. The molecule has 0 aromatic heterocycles. The lowest BCUT2D eigenvalue weighted by Gasteiger charge is -2.31. The van der Waals surface area contributed by atoms with Crippen LogP contribution in [0.4, 0.5) is 5.69 Å². The van der Waals surface area contributed by atoms with Crippen LogP contribution in [-0.4, -0.2) is 32.7 Å². The first kappa shape index (κ1) is 18.8. The molecule has 1 N–H and O–H groups in total. The molecular formula is C18H28N2O3S. The molecule has 6 heteroatoms. The maximum absolute atomic E-state index is 12.8. The van der Waals surface area contributed by atoms with Crippen LogP contribution in [0.25, 0.3) is 0 Å². The van der Waals surface area contributed by atoms with E-state index in [9.17, 15) is 13.2 Å². The van der Waals surface area contributed by atoms with E-state index in [0.29, 0.717) is 12.1 Å². The first-order chi connectivity index (χ1) is 11.4. The molecule has 1 aliphatic rings. The topological polar surface area (TPSA) is 66.5 Å². The number of nitrogens with one attached hydrogen (secondary N) is 1. The van der Waals surface area contributed by atoms with E-state index in [2.05, 4.69) is 5.32 Å². The summed E-state index contributed by atoms with van der Waals surface area (Å²) in [4.78, 5) is 12.8. The fourth-order valence-electron chi connectivity index (χ4n) is 3.36. The van der Waals surface area contributed by atoms with Crippen LogP contribution < -0.4 is 9.62 Å². The van der Waals surface area contributed by atoms with Crippen molar-refractivity contribution < 1.29 is 13.2 Å². The Labute approximate surface area is 145 Å². The minimum absolute atomic E-state index is 0.159. The van der Waals surface area contributed by atoms with Crippen LogP contribution in [0.1, 0.15) is 51.9 Å². The molecule has 134 valence electrons. The number of nitrogens with zero attached hydrogens (tertiary/aromatic N) is 1. The van der Waals surface area contributed by atoms with Gasteiger partial charge in [-0.2, -0.15) is 0 Å². The third-order valence-corrected chi connectivity index (χ3v) is 5.72. The third-order valence-electron chi connectivity index (χ3n) is 4.54. The lowest BCUT2D eigenvalue weighted by Crippen LogP contribution is -2.51. The van der Waals surface area contributed by atoms with Crippen LogP contribution in [0.2, 0.25) is 0 Å². The van der Waals surface area contributed by atoms with Gasteiger partial charge in [0.25, 0.3) is 0 Å². The standard InChI is InChI=1S/C18H28N2O3S/c1-3-17(18(21)19-15-11-7-4-5-8-12-15)20(24(2,22)23)16-13-9-6-10-14-16/h6,9-10,13-15,17H,3-5,7-8,11-12H2,1-2H3,(H,19,21). The summed E-state index contributed by atoms with van der Waals surface area (Å²) >= 11 is 0. The van der Waals surface area contributed by atoms with Gasteiger partial charge in [0.1, 0.15) is 6.04 Å². The molecule has 1 amide bonds. The second kappa shape index (κ2) is 8.51. The van der Waals surface area contributed by atoms with Crippen molar-refractivity contribution in [3.63, 3.8) is 0 Å². The molecule has 0 aliphatic heterocycles. The zero-order valence-corrected chi connectivity index (χ0v) is 15.4. The van der Waals surface area contributed by atoms with Gasteiger partial charge < -0.3 is 5.32 Å². The molecule has 5 nitrogen and oxygen atoms in total. The summed E-state index contributed by atoms with van der Waals surface area (Å²) in [7, 11) is -3.55. The van der Waals surface area contributed by atoms with Crippen LogP contribution in [0.3, 0.4) is 0 Å². The summed E-state index contributed by atoms with van der Waals surface area (Å²) in [6, 6.07) is 8.28. The van der Waals surface area contributed by atoms with Crippen LogP contribution in [0.15, 0.2) is 30.3 Å². The molecule has 1 atom stereocenters. The number of para-hydroxylation sites is 1. The number of sulfonamides is 1. The smallest absolute Gasteiger partial charge is 0.244 e. The monoisotopic (exact) mass is 352 g/mol. The van der Waals surface area contributed by atoms with Crippen molar-refractivity contribution in [2.75, 3.05) is 10.6 Å². The molecule has 1 saturated carbocycles. The fraction of sp³-hybridized carbons (Fsp3) is 0.611. The number of hydrogen-bond acceptors (Lipinski definition) is 3. The van der Waals surface area contributed by atoms with E-state index in [4.69, 9.17) is 0 Å². The minimum Gasteiger partial charge on any atom is -0.352 e. The molecule has 0 saturated heterocycles. The highest BCUT2D eigenvalue weighted by Crippen LogP contribution is 2.23. The predicted molar refractivity (Wildman–Crippen MR) is 97.5 cm³/mol. The lowest BCUT2D eigenvalue weighted by molar-refractivity contribution is -0.123. The minimum atomic E-state index is -3.55. The van der Waals surface area contributed by atoms with E-state index in [1.165, 1.54) is 17.1 Å². The van der Waals surface area contributed by atoms with Gasteiger partial charge in [-0.25, -0.2) is 8.42 Å². The Bertz CT molecular complexity index is 623. The van der Waals surface area contributed by atoms with Crippen molar-refractivity contribution in [1.29, 1.82) is 0 Å². The molecule has 1 unspecified atom stereocenters. The van der Waals surface area contributed by atoms with Gasteiger partial charge in [0.2, 0.25) is 15.9 Å². The maximum atomic E-state index is 12.8. The first-order valence-corrected chi connectivity index (χ1v) is 10.6. The Morgan fingerprint density at radius 1 is 1.17 bits per heavy atom. The van der Waals surface area contributed by atoms with Crippen LogP contribution in [0, 0.1) is 0 Å². The molecule has 0 bridgehead atoms. The van der Waals surface area contributed by atoms with Gasteiger partial charge in [-0.3, -0.25) is 9.10 Å². The summed E-state index contributed by atoms with van der Waals surface area (Å²) < 4.78 is 25.9. The van der Waals surface area contributed by atoms with Crippen LogP contribution in [0.5, 0.6) is 0 Å². The van der Waals surface area contributed by atoms with Gasteiger partial charge in [-0.05, 0) is 31.4 Å². The van der Waals surface area contributed by atoms with Gasteiger partial charge in [0.05, 0.1) is 11.9 Å². The molecule has 2 rings (SSSR count). The normalized spacial score (nSPS) is 17.8. The van der Waals surface area contributed by atoms with E-state index >= 15 is 0 Å². The van der Waals surface area contributed by atoms with E-state index in [0.717, 1.165) is 31.9 Å². The molecular weight excluding hydrogens is 324 g/mol. The van der Waals surface area contributed by atoms with Gasteiger partial charge in [-0.15, -0.1) is 0 Å². The van der Waals surface area contributed by atoms with E-state index in [1.54, 1.807) is 24.3 Å². The van der Waals surface area contributed by atoms with Gasteiger partial charge in [0, 0.05) is 6.04 Å². The summed E-state index contributed by atoms with van der Waals surface area (Å²) in [6.07, 6.45) is 8.21. The number of benzene rings is 1. The number of carbonyl (C=O) groups excluding carboxylic acids is 1. The van der Waals surface area contributed by atoms with Crippen molar-refractivity contribution >= 4 is 21.6 Å². The molecule has 1 aromatic carbocycles. The van der Waals surface area contributed by atoms with Crippen molar-refractivity contribution in [3.8, 4) is 0 Å². The average Bonchev–Trinajstić information content (AvgIpc) is 2.80. The van der Waals surface area contributed by atoms with E-state index in [-0.39, 0.29) is 11.9 Å². The molecule has 1 aliphatic carbocycles. The number of hydrogen-bond donors (Lipinski definition) is 1. The van der Waals surface area contributed by atoms with Crippen molar-refractivity contribution in [3.05, 3.63) is 30.3 Å². The maximum Gasteiger partial charge on any atom is 0.244 e. The van der Waals surface area contributed by atoms with Gasteiger partial charge >= 0.3 is 0 Å². The van der Waals surface area contributed by atoms with Crippen molar-refractivity contribution in [1.82, 2.24) is 5.32 Å². The third kappa shape index (κ3) is 4.97. The van der Waals surface area contributed by atoms with Crippen LogP contribution in [-0.2, 0) is 14.8 Å². The Morgan fingerprint density at radius 2 is 1.75 bits per heavy atom. The quantitative estimate of drug-likeness (QED) is 0.800. The van der Waals surface area contributed by atoms with E-state index < -0.39 is 16.1 Å². The van der Waals surface area contributed by atoms with Crippen molar-refractivity contribution in [2.45, 2.75) is 64.0 Å². The zero-order valence-electron chi connectivity index (χ0n) is 14.6. The lowest BCUT2D eigenvalue weighted by atomic mass is 10.1. The number of rotatable bonds is 6. The summed E-state index contributed by atoms with van der Waals surface area (Å²) in [5, 5.41) is 3.09. The molecule has 1 aromatic rings. The number of anilines is 1. The number of carbonyl (C=O) groups is 1. The van der Waals surface area contributed by atoms with Gasteiger partial charge in [-0.1, -0.05) is 50.8 Å². The average molecular weight is 353 g/mol. The SMILES string of the molecule is CCC(C(=O)NC1CCCCCC1)N(c1ccccc1)S(C)(=O)=O. The largest absolute Gasteiger partial charge is 0.352 e. The molecule has 0 spiro atoms. The Kier molecular flexibility index (Phi) is 6.66. The second-order valence-electron chi connectivity index (χ2n) is 6.52. The Balaban J connectivity index is 2.20.